The van der Waals surface area contributed by atoms with Gasteiger partial charge in [0.15, 0.2) is 0 Å². The summed E-state index contributed by atoms with van der Waals surface area (Å²) in [7, 11) is 0. The van der Waals surface area contributed by atoms with Crippen LogP contribution in [0.15, 0.2) is 80.7 Å². The molecule has 9 heteroatoms. The van der Waals surface area contributed by atoms with E-state index in [1.54, 1.807) is 36.4 Å². The van der Waals surface area contributed by atoms with Crippen molar-refractivity contribution in [3.05, 3.63) is 93.0 Å². The zero-order valence-corrected chi connectivity index (χ0v) is 18.2. The average molecular weight is 489 g/mol. The van der Waals surface area contributed by atoms with Crippen LogP contribution in [0.2, 0.25) is 0 Å². The van der Waals surface area contributed by atoms with Crippen molar-refractivity contribution in [2.75, 3.05) is 0 Å². The molecule has 6 aromatic rings. The lowest BCUT2D eigenvalue weighted by Crippen LogP contribution is -2.35. The van der Waals surface area contributed by atoms with Crippen LogP contribution >= 0.6 is 0 Å². The second-order valence-corrected chi connectivity index (χ2v) is 8.50. The van der Waals surface area contributed by atoms with Crippen molar-refractivity contribution in [3.63, 3.8) is 0 Å². The highest BCUT2D eigenvalue weighted by molar-refractivity contribution is 6.26. The number of fused-ring (bicyclic) bond motifs is 2. The maximum Gasteiger partial charge on any atom is 0.416 e. The third kappa shape index (κ3) is 3.16. The molecule has 0 aliphatic heterocycles. The van der Waals surface area contributed by atoms with Gasteiger partial charge in [-0.15, -0.1) is 0 Å². The predicted molar refractivity (Wildman–Crippen MR) is 129 cm³/mol. The molecule has 0 amide bonds. The zero-order valence-electron chi connectivity index (χ0n) is 18.2. The number of alkyl halides is 3. The summed E-state index contributed by atoms with van der Waals surface area (Å²) < 4.78 is 45.6. The molecule has 6 rings (SSSR count). The summed E-state index contributed by atoms with van der Waals surface area (Å²) in [5, 5.41) is 11.8. The summed E-state index contributed by atoms with van der Waals surface area (Å²) in [6.45, 7) is -0.752. The van der Waals surface area contributed by atoms with E-state index in [2.05, 4.69) is 0 Å². The molecule has 4 aromatic carbocycles. The molecule has 0 bridgehead atoms. The molecule has 2 heterocycles. The average Bonchev–Trinajstić information content (AvgIpc) is 2.85. The van der Waals surface area contributed by atoms with E-state index in [1.165, 1.54) is 18.2 Å². The van der Waals surface area contributed by atoms with E-state index in [4.69, 9.17) is 9.52 Å². The van der Waals surface area contributed by atoms with Gasteiger partial charge in [-0.25, -0.2) is 0 Å². The molecule has 0 aliphatic rings. The number of carbonyl (C=O) groups is 1. The largest absolute Gasteiger partial charge is 0.480 e. The molecular weight excluding hydrogens is 475 g/mol. The van der Waals surface area contributed by atoms with Crippen molar-refractivity contribution < 1.29 is 27.5 Å². The van der Waals surface area contributed by atoms with Crippen LogP contribution in [0.4, 0.5) is 13.2 Å². The van der Waals surface area contributed by atoms with Crippen molar-refractivity contribution in [3.8, 4) is 11.1 Å². The van der Waals surface area contributed by atoms with Gasteiger partial charge >= 0.3 is 12.1 Å². The van der Waals surface area contributed by atoms with Crippen molar-refractivity contribution >= 4 is 49.5 Å². The van der Waals surface area contributed by atoms with Crippen molar-refractivity contribution in [2.45, 2.75) is 12.7 Å². The maximum atomic E-state index is 13.0. The monoisotopic (exact) mass is 489 g/mol. The summed E-state index contributed by atoms with van der Waals surface area (Å²) in [6.07, 6.45) is -4.43. The number of benzene rings is 4. The molecule has 178 valence electrons. The number of pyridine rings is 1. The van der Waals surface area contributed by atoms with Gasteiger partial charge in [0.1, 0.15) is 17.7 Å². The first-order valence-corrected chi connectivity index (χ1v) is 10.8. The summed E-state index contributed by atoms with van der Waals surface area (Å²) in [5.74, 6) is -1.31. The van der Waals surface area contributed by atoms with Gasteiger partial charge in [0.2, 0.25) is 0 Å². The maximum absolute atomic E-state index is 13.0. The van der Waals surface area contributed by atoms with E-state index in [1.807, 2.05) is 0 Å². The lowest BCUT2D eigenvalue weighted by molar-refractivity contribution is -0.138. The Bertz CT molecular complexity index is 1940. The number of carboxylic acid groups (broad SMARTS) is 1. The van der Waals surface area contributed by atoms with E-state index in [-0.39, 0.29) is 10.8 Å². The van der Waals surface area contributed by atoms with E-state index >= 15 is 0 Å². The van der Waals surface area contributed by atoms with Gasteiger partial charge in [0, 0.05) is 26.9 Å². The van der Waals surface area contributed by atoms with Gasteiger partial charge in [-0.3, -0.25) is 19.0 Å². The van der Waals surface area contributed by atoms with Crippen LogP contribution in [-0.2, 0) is 17.5 Å². The Morgan fingerprint density at radius 1 is 0.750 bits per heavy atom. The molecule has 0 radical (unpaired) electrons. The molecule has 6 nitrogen and oxygen atoms in total. The summed E-state index contributed by atoms with van der Waals surface area (Å²) >= 11 is 0. The summed E-state index contributed by atoms with van der Waals surface area (Å²) in [6, 6.07) is 16.4. The fourth-order valence-electron chi connectivity index (χ4n) is 4.77. The molecule has 0 spiro atoms. The van der Waals surface area contributed by atoms with Gasteiger partial charge in [0.25, 0.3) is 11.1 Å². The number of hydrogen-bond donors (Lipinski definition) is 1. The lowest BCUT2D eigenvalue weighted by Gasteiger charge is -2.14. The first kappa shape index (κ1) is 21.8. The molecule has 0 saturated carbocycles. The van der Waals surface area contributed by atoms with Crippen LogP contribution < -0.4 is 11.1 Å². The minimum Gasteiger partial charge on any atom is -0.480 e. The van der Waals surface area contributed by atoms with Crippen molar-refractivity contribution in [1.29, 1.82) is 0 Å². The number of nitrogens with zero attached hydrogens (tertiary/aromatic N) is 1. The van der Waals surface area contributed by atoms with Crippen LogP contribution in [0, 0.1) is 0 Å². The minimum absolute atomic E-state index is 0.192. The topological polar surface area (TPSA) is 89.5 Å². The smallest absolute Gasteiger partial charge is 0.416 e. The molecule has 36 heavy (non-hydrogen) atoms. The Morgan fingerprint density at radius 2 is 1.33 bits per heavy atom. The molecule has 0 unspecified atom stereocenters. The third-order valence-electron chi connectivity index (χ3n) is 6.40. The molecule has 0 aliphatic carbocycles. The SMILES string of the molecule is O=C(O)Cn1c(=O)c2ccc3oc4ccc(-c5ccc(C(F)(F)F)cc5)cc4c4ccc(c1=O)c2c34. The Labute approximate surface area is 198 Å². The molecule has 2 aromatic heterocycles. The fraction of sp³-hybridized carbons (Fsp3) is 0.0741. The summed E-state index contributed by atoms with van der Waals surface area (Å²) in [4.78, 5) is 37.2. The molecule has 1 N–H and O–H groups in total. The van der Waals surface area contributed by atoms with Gasteiger partial charge in [-0.2, -0.15) is 13.2 Å². The minimum atomic E-state index is -4.43. The first-order chi connectivity index (χ1) is 17.1. The normalized spacial score (nSPS) is 12.3. The Morgan fingerprint density at radius 3 is 1.97 bits per heavy atom. The molecule has 0 atom stereocenters. The number of aromatic nitrogens is 1. The number of aliphatic carboxylic acids is 1. The van der Waals surface area contributed by atoms with E-state index in [9.17, 15) is 27.6 Å². The standard InChI is InChI=1S/C27H14F3NO5/c28-27(29,30)15-4-1-13(2-5-15)14-3-9-20-19(11-14)16-6-7-17-23-18(8-10-21(36-20)24(16)23)26(35)31(25(17)34)12-22(32)33/h1-11H,12H2,(H,32,33). The molecular formula is C27H14F3NO5. The van der Waals surface area contributed by atoms with E-state index in [0.29, 0.717) is 48.4 Å². The van der Waals surface area contributed by atoms with Gasteiger partial charge < -0.3 is 9.52 Å². The van der Waals surface area contributed by atoms with Crippen LogP contribution in [0.5, 0.6) is 0 Å². The number of rotatable bonds is 3. The van der Waals surface area contributed by atoms with Crippen molar-refractivity contribution in [1.82, 2.24) is 4.57 Å². The predicted octanol–water partition coefficient (Wildman–Crippen LogP) is 5.62. The van der Waals surface area contributed by atoms with Gasteiger partial charge in [-0.1, -0.05) is 24.3 Å². The van der Waals surface area contributed by atoms with Gasteiger partial charge in [-0.05, 0) is 59.0 Å². The Balaban J connectivity index is 1.64. The van der Waals surface area contributed by atoms with Crippen molar-refractivity contribution in [2.24, 2.45) is 0 Å². The first-order valence-electron chi connectivity index (χ1n) is 10.8. The second-order valence-electron chi connectivity index (χ2n) is 8.50. The quantitative estimate of drug-likeness (QED) is 0.257. The molecule has 0 saturated heterocycles. The number of halogens is 3. The third-order valence-corrected chi connectivity index (χ3v) is 6.40. The fourth-order valence-corrected chi connectivity index (χ4v) is 4.77. The van der Waals surface area contributed by atoms with E-state index < -0.39 is 35.4 Å². The zero-order chi connectivity index (χ0) is 25.4. The highest BCUT2D eigenvalue weighted by atomic mass is 19.4. The molecule has 0 fully saturated rings. The van der Waals surface area contributed by atoms with Crippen LogP contribution in [0.1, 0.15) is 5.56 Å². The second kappa shape index (κ2) is 7.42. The van der Waals surface area contributed by atoms with Crippen LogP contribution in [-0.4, -0.2) is 15.6 Å². The Hall–Kier alpha value is -4.66. The lowest BCUT2D eigenvalue weighted by atomic mass is 9.95. The highest BCUT2D eigenvalue weighted by Crippen LogP contribution is 2.38. The van der Waals surface area contributed by atoms with Crippen LogP contribution in [0.25, 0.3) is 54.6 Å². The van der Waals surface area contributed by atoms with E-state index in [0.717, 1.165) is 12.1 Å². The van der Waals surface area contributed by atoms with Gasteiger partial charge in [0.05, 0.1) is 5.56 Å². The Kier molecular flexibility index (Phi) is 4.50. The number of hydrogen-bond acceptors (Lipinski definition) is 4. The summed E-state index contributed by atoms with van der Waals surface area (Å²) in [5.41, 5.74) is 0.0384. The van der Waals surface area contributed by atoms with Crippen LogP contribution in [0.3, 0.4) is 0 Å². The number of carboxylic acids is 1. The highest BCUT2D eigenvalue weighted by Gasteiger charge is 2.30.